The standard InChI is InChI=1S/C25H22F3N3O2/c1-2-33-18-11-9-15(10-12-18)22-19(14-29)24(30)31(20-7-4-8-21(32)23(20)22)17-6-3-5-16(13-17)25(26,27)28/h3,5-6,9-13,22H,2,4,7-8,30H2,1H3. The van der Waals surface area contributed by atoms with Crippen molar-refractivity contribution in [2.24, 2.45) is 5.73 Å². The van der Waals surface area contributed by atoms with Gasteiger partial charge in [0.1, 0.15) is 11.6 Å². The van der Waals surface area contributed by atoms with Gasteiger partial charge in [-0.05, 0) is 55.7 Å². The number of carbonyl (C=O) groups is 1. The van der Waals surface area contributed by atoms with Crippen LogP contribution in [0.2, 0.25) is 0 Å². The van der Waals surface area contributed by atoms with E-state index in [1.807, 2.05) is 6.92 Å². The molecule has 0 radical (unpaired) electrons. The zero-order valence-corrected chi connectivity index (χ0v) is 17.9. The smallest absolute Gasteiger partial charge is 0.416 e. The highest BCUT2D eigenvalue weighted by Gasteiger charge is 2.41. The summed E-state index contributed by atoms with van der Waals surface area (Å²) in [6, 6.07) is 14.0. The van der Waals surface area contributed by atoms with Gasteiger partial charge >= 0.3 is 6.18 Å². The minimum absolute atomic E-state index is 0.0316. The molecule has 170 valence electrons. The second kappa shape index (κ2) is 8.66. The van der Waals surface area contributed by atoms with Gasteiger partial charge in [0.2, 0.25) is 0 Å². The van der Waals surface area contributed by atoms with Crippen LogP contribution in [0.3, 0.4) is 0 Å². The molecule has 0 saturated heterocycles. The van der Waals surface area contributed by atoms with Gasteiger partial charge in [-0.25, -0.2) is 0 Å². The number of Topliss-reactive ketones (excluding diaryl/α,β-unsaturated/α-hetero) is 1. The molecule has 2 aromatic rings. The van der Waals surface area contributed by atoms with E-state index in [4.69, 9.17) is 10.5 Å². The molecule has 2 N–H and O–H groups in total. The third kappa shape index (κ3) is 4.07. The van der Waals surface area contributed by atoms with Crippen molar-refractivity contribution in [3.63, 3.8) is 0 Å². The van der Waals surface area contributed by atoms with Gasteiger partial charge in [0.05, 0.1) is 29.7 Å². The molecule has 0 bridgehead atoms. The molecule has 8 heteroatoms. The van der Waals surface area contributed by atoms with E-state index in [1.54, 1.807) is 24.3 Å². The average Bonchev–Trinajstić information content (AvgIpc) is 2.79. The lowest BCUT2D eigenvalue weighted by atomic mass is 9.75. The van der Waals surface area contributed by atoms with Crippen molar-refractivity contribution in [2.75, 3.05) is 11.5 Å². The SMILES string of the molecule is CCOc1ccc(C2C(C#N)=C(N)N(c3cccc(C(F)(F)F)c3)C3=C2C(=O)CCC3)cc1. The fourth-order valence-electron chi connectivity index (χ4n) is 4.46. The second-order valence-corrected chi connectivity index (χ2v) is 7.87. The zero-order valence-electron chi connectivity index (χ0n) is 17.9. The van der Waals surface area contributed by atoms with Crippen molar-refractivity contribution >= 4 is 11.5 Å². The number of ketones is 1. The van der Waals surface area contributed by atoms with Crippen molar-refractivity contribution in [2.45, 2.75) is 38.3 Å². The molecule has 5 nitrogen and oxygen atoms in total. The maximum absolute atomic E-state index is 13.4. The normalized spacial score (nSPS) is 18.8. The summed E-state index contributed by atoms with van der Waals surface area (Å²) in [5.74, 6) is -0.130. The van der Waals surface area contributed by atoms with E-state index in [1.165, 1.54) is 17.0 Å². The molecule has 33 heavy (non-hydrogen) atoms. The first-order valence-electron chi connectivity index (χ1n) is 10.6. The number of rotatable bonds is 4. The lowest BCUT2D eigenvalue weighted by molar-refractivity contribution is -0.137. The molecule has 0 amide bonds. The molecule has 1 unspecified atom stereocenters. The Morgan fingerprint density at radius 3 is 2.55 bits per heavy atom. The Kier molecular flexibility index (Phi) is 5.90. The topological polar surface area (TPSA) is 79.3 Å². The molecule has 0 aromatic heterocycles. The molecule has 1 aliphatic heterocycles. The van der Waals surface area contributed by atoms with Gasteiger partial charge in [0.25, 0.3) is 0 Å². The number of anilines is 1. The van der Waals surface area contributed by atoms with Crippen LogP contribution in [-0.2, 0) is 11.0 Å². The maximum Gasteiger partial charge on any atom is 0.416 e. The molecule has 4 rings (SSSR count). The van der Waals surface area contributed by atoms with Crippen LogP contribution in [0.4, 0.5) is 18.9 Å². The van der Waals surface area contributed by atoms with Crippen LogP contribution in [0.5, 0.6) is 5.75 Å². The molecular formula is C25H22F3N3O2. The number of hydrogen-bond donors (Lipinski definition) is 1. The number of carbonyl (C=O) groups excluding carboxylic acids is 1. The molecular weight excluding hydrogens is 431 g/mol. The Balaban J connectivity index is 1.89. The van der Waals surface area contributed by atoms with E-state index < -0.39 is 17.7 Å². The van der Waals surface area contributed by atoms with Gasteiger partial charge < -0.3 is 10.5 Å². The van der Waals surface area contributed by atoms with E-state index in [0.717, 1.165) is 12.1 Å². The summed E-state index contributed by atoms with van der Waals surface area (Å²) in [6.07, 6.45) is -3.21. The van der Waals surface area contributed by atoms with E-state index in [0.29, 0.717) is 48.5 Å². The Hall–Kier alpha value is -3.73. The first-order valence-corrected chi connectivity index (χ1v) is 10.6. The minimum Gasteiger partial charge on any atom is -0.494 e. The first kappa shape index (κ1) is 22.5. The lowest BCUT2D eigenvalue weighted by Crippen LogP contribution is -2.38. The quantitative estimate of drug-likeness (QED) is 0.670. The van der Waals surface area contributed by atoms with Crippen LogP contribution in [-0.4, -0.2) is 12.4 Å². The molecule has 2 aromatic carbocycles. The number of ether oxygens (including phenoxy) is 1. The first-order chi connectivity index (χ1) is 15.8. The summed E-state index contributed by atoms with van der Waals surface area (Å²) < 4.78 is 45.5. The van der Waals surface area contributed by atoms with E-state index in [-0.39, 0.29) is 22.9 Å². The van der Waals surface area contributed by atoms with Crippen LogP contribution in [0.1, 0.15) is 43.2 Å². The Labute approximate surface area is 189 Å². The largest absolute Gasteiger partial charge is 0.494 e. The van der Waals surface area contributed by atoms with Crippen molar-refractivity contribution < 1.29 is 22.7 Å². The number of benzene rings is 2. The average molecular weight is 453 g/mol. The van der Waals surface area contributed by atoms with Crippen LogP contribution < -0.4 is 15.4 Å². The van der Waals surface area contributed by atoms with E-state index >= 15 is 0 Å². The fourth-order valence-corrected chi connectivity index (χ4v) is 4.46. The van der Waals surface area contributed by atoms with Crippen molar-refractivity contribution in [3.05, 3.63) is 82.3 Å². The summed E-state index contributed by atoms with van der Waals surface area (Å²) in [6.45, 7) is 2.37. The summed E-state index contributed by atoms with van der Waals surface area (Å²) in [5, 5.41) is 10.0. The highest BCUT2D eigenvalue weighted by molar-refractivity contribution is 6.01. The van der Waals surface area contributed by atoms with Gasteiger partial charge in [-0.3, -0.25) is 9.69 Å². The van der Waals surface area contributed by atoms with Crippen LogP contribution in [0.25, 0.3) is 0 Å². The third-order valence-electron chi connectivity index (χ3n) is 5.87. The summed E-state index contributed by atoms with van der Waals surface area (Å²) in [7, 11) is 0. The van der Waals surface area contributed by atoms with E-state index in [2.05, 4.69) is 6.07 Å². The van der Waals surface area contributed by atoms with Gasteiger partial charge in [0, 0.05) is 23.4 Å². The highest BCUT2D eigenvalue weighted by atomic mass is 19.4. The number of hydrogen-bond acceptors (Lipinski definition) is 5. The van der Waals surface area contributed by atoms with Crippen LogP contribution in [0.15, 0.2) is 71.2 Å². The number of nitrogens with two attached hydrogens (primary N) is 1. The van der Waals surface area contributed by atoms with Gasteiger partial charge in [-0.1, -0.05) is 18.2 Å². The predicted octanol–water partition coefficient (Wildman–Crippen LogP) is 5.41. The van der Waals surface area contributed by atoms with Crippen molar-refractivity contribution in [3.8, 4) is 11.8 Å². The van der Waals surface area contributed by atoms with Gasteiger partial charge in [0.15, 0.2) is 5.78 Å². The van der Waals surface area contributed by atoms with Gasteiger partial charge in [-0.2, -0.15) is 18.4 Å². The minimum atomic E-state index is -4.53. The van der Waals surface area contributed by atoms with E-state index in [9.17, 15) is 23.2 Å². The van der Waals surface area contributed by atoms with Crippen LogP contribution in [0, 0.1) is 11.3 Å². The molecule has 1 aliphatic carbocycles. The molecule has 2 aliphatic rings. The molecule has 0 saturated carbocycles. The lowest BCUT2D eigenvalue weighted by Gasteiger charge is -2.39. The number of nitriles is 1. The highest BCUT2D eigenvalue weighted by Crippen LogP contribution is 2.47. The summed E-state index contributed by atoms with van der Waals surface area (Å²) >= 11 is 0. The Morgan fingerprint density at radius 1 is 1.18 bits per heavy atom. The zero-order chi connectivity index (χ0) is 23.8. The Bertz CT molecular complexity index is 1190. The molecule has 0 spiro atoms. The van der Waals surface area contributed by atoms with Crippen LogP contribution >= 0.6 is 0 Å². The Morgan fingerprint density at radius 2 is 1.91 bits per heavy atom. The molecule has 1 heterocycles. The third-order valence-corrected chi connectivity index (χ3v) is 5.87. The number of nitrogens with zero attached hydrogens (tertiary/aromatic N) is 2. The second-order valence-electron chi connectivity index (χ2n) is 7.87. The van der Waals surface area contributed by atoms with Gasteiger partial charge in [-0.15, -0.1) is 0 Å². The molecule has 0 fully saturated rings. The maximum atomic E-state index is 13.4. The predicted molar refractivity (Wildman–Crippen MR) is 117 cm³/mol. The molecule has 1 atom stereocenters. The monoisotopic (exact) mass is 453 g/mol. The number of halogens is 3. The summed E-state index contributed by atoms with van der Waals surface area (Å²) in [4.78, 5) is 14.5. The van der Waals surface area contributed by atoms with Crippen molar-refractivity contribution in [1.82, 2.24) is 0 Å². The summed E-state index contributed by atoms with van der Waals surface area (Å²) in [5.41, 5.74) is 7.54. The number of alkyl halides is 3. The van der Waals surface area contributed by atoms with Crippen molar-refractivity contribution in [1.29, 1.82) is 5.26 Å². The number of allylic oxidation sites excluding steroid dienone is 3. The fraction of sp³-hybridized carbons (Fsp3) is 0.280.